The van der Waals surface area contributed by atoms with E-state index >= 15 is 0 Å². The highest BCUT2D eigenvalue weighted by molar-refractivity contribution is 6.13. The van der Waals surface area contributed by atoms with Gasteiger partial charge in [-0.15, -0.1) is 0 Å². The minimum Gasteiger partial charge on any atom is -0.457 e. The summed E-state index contributed by atoms with van der Waals surface area (Å²) in [7, 11) is 0. The Labute approximate surface area is 300 Å². The molecule has 2 aliphatic rings. The Balaban J connectivity index is 1.17. The van der Waals surface area contributed by atoms with Crippen molar-refractivity contribution in [2.45, 2.75) is 5.41 Å². The molecule has 1 aliphatic heterocycles. The molecule has 10 aromatic rings. The molecule has 3 heteroatoms. The van der Waals surface area contributed by atoms with Crippen molar-refractivity contribution < 1.29 is 4.74 Å². The molecular weight excluding hydrogens is 633 g/mol. The first-order chi connectivity index (χ1) is 25.8. The molecule has 0 atom stereocenters. The van der Waals surface area contributed by atoms with Gasteiger partial charge in [0.1, 0.15) is 11.5 Å². The highest BCUT2D eigenvalue weighted by Gasteiger charge is 2.51. The summed E-state index contributed by atoms with van der Waals surface area (Å²) >= 11 is 0. The van der Waals surface area contributed by atoms with E-state index in [-0.39, 0.29) is 0 Å². The first kappa shape index (κ1) is 27.9. The third-order valence-electron chi connectivity index (χ3n) is 11.6. The average Bonchev–Trinajstić information content (AvgIpc) is 3.82. The summed E-state index contributed by atoms with van der Waals surface area (Å²) in [5, 5.41) is 4.90. The van der Waals surface area contributed by atoms with Crippen LogP contribution in [0.15, 0.2) is 182 Å². The van der Waals surface area contributed by atoms with Crippen molar-refractivity contribution in [3.05, 3.63) is 204 Å². The van der Waals surface area contributed by atoms with Crippen molar-refractivity contribution in [1.29, 1.82) is 0 Å². The number of nitrogens with zero attached hydrogens (tertiary/aromatic N) is 2. The number of hydrogen-bond acceptors (Lipinski definition) is 1. The van der Waals surface area contributed by atoms with E-state index in [0.717, 1.165) is 28.4 Å². The molecular formula is C49H30N2O. The number of ether oxygens (including phenoxy) is 1. The van der Waals surface area contributed by atoms with Crippen LogP contribution in [0.25, 0.3) is 66.1 Å². The summed E-state index contributed by atoms with van der Waals surface area (Å²) in [4.78, 5) is 0. The summed E-state index contributed by atoms with van der Waals surface area (Å²) in [6.45, 7) is 0. The second-order valence-corrected chi connectivity index (χ2v) is 14.0. The van der Waals surface area contributed by atoms with Crippen LogP contribution in [-0.4, -0.2) is 9.13 Å². The summed E-state index contributed by atoms with van der Waals surface area (Å²) in [5.74, 6) is 1.79. The van der Waals surface area contributed by atoms with Crippen molar-refractivity contribution in [2.75, 3.05) is 0 Å². The molecule has 0 amide bonds. The molecule has 3 nitrogen and oxygen atoms in total. The number of para-hydroxylation sites is 4. The molecule has 0 saturated heterocycles. The second kappa shape index (κ2) is 10.1. The number of hydrogen-bond donors (Lipinski definition) is 0. The maximum atomic E-state index is 6.95. The monoisotopic (exact) mass is 662 g/mol. The van der Waals surface area contributed by atoms with Crippen LogP contribution in [0.5, 0.6) is 11.5 Å². The van der Waals surface area contributed by atoms with E-state index in [9.17, 15) is 0 Å². The number of rotatable bonds is 2. The molecule has 12 rings (SSSR count). The van der Waals surface area contributed by atoms with Gasteiger partial charge in [-0.1, -0.05) is 121 Å². The summed E-state index contributed by atoms with van der Waals surface area (Å²) < 4.78 is 11.7. The maximum Gasteiger partial charge on any atom is 0.134 e. The van der Waals surface area contributed by atoms with E-state index in [0.29, 0.717) is 0 Å². The van der Waals surface area contributed by atoms with E-state index in [1.165, 1.54) is 71.5 Å². The number of benzene rings is 8. The lowest BCUT2D eigenvalue weighted by Crippen LogP contribution is -2.32. The maximum absolute atomic E-state index is 6.95. The van der Waals surface area contributed by atoms with Crippen LogP contribution >= 0.6 is 0 Å². The van der Waals surface area contributed by atoms with Gasteiger partial charge in [-0.25, -0.2) is 0 Å². The fraction of sp³-hybridized carbons (Fsp3) is 0.0204. The molecule has 2 aromatic heterocycles. The molecule has 0 bridgehead atoms. The molecule has 0 fully saturated rings. The van der Waals surface area contributed by atoms with Crippen LogP contribution in [0.4, 0.5) is 0 Å². The largest absolute Gasteiger partial charge is 0.457 e. The van der Waals surface area contributed by atoms with Crippen molar-refractivity contribution in [3.63, 3.8) is 0 Å². The standard InChI is InChI=1S/C49H30N2O/c1-2-14-31(15-3-1)50-43-23-11-6-18-35(43)37-28-32(26-27-45(37)50)51-44-24-12-7-19-36(44)38-29-42-48(30-46(38)51)52-47-25-13-10-22-41(47)49(42)39-20-8-4-16-33(39)34-17-5-9-21-40(34)49/h1-30H. The van der Waals surface area contributed by atoms with Crippen molar-refractivity contribution in [3.8, 4) is 34.0 Å². The predicted molar refractivity (Wildman–Crippen MR) is 212 cm³/mol. The quantitative estimate of drug-likeness (QED) is 0.180. The van der Waals surface area contributed by atoms with Gasteiger partial charge in [-0.3, -0.25) is 0 Å². The average molecular weight is 663 g/mol. The van der Waals surface area contributed by atoms with Gasteiger partial charge in [-0.2, -0.15) is 0 Å². The summed E-state index contributed by atoms with van der Waals surface area (Å²) in [6, 6.07) is 66.3. The number of aromatic nitrogens is 2. The lowest BCUT2D eigenvalue weighted by Gasteiger charge is -2.39. The zero-order valence-electron chi connectivity index (χ0n) is 28.1. The summed E-state index contributed by atoms with van der Waals surface area (Å²) in [5.41, 5.74) is 14.0. The highest BCUT2D eigenvalue weighted by atomic mass is 16.5. The van der Waals surface area contributed by atoms with Crippen LogP contribution < -0.4 is 4.74 Å². The lowest BCUT2D eigenvalue weighted by atomic mass is 9.66. The minimum absolute atomic E-state index is 0.507. The minimum atomic E-state index is -0.507. The van der Waals surface area contributed by atoms with Gasteiger partial charge in [0.2, 0.25) is 0 Å². The van der Waals surface area contributed by atoms with Gasteiger partial charge >= 0.3 is 0 Å². The SMILES string of the molecule is c1ccc(-n2c3ccccc3c3cc(-n4c5ccccc5c5cc6c(cc54)Oc4ccccc4C64c5ccccc5-c5ccccc54)ccc32)cc1. The fourth-order valence-electron chi connectivity index (χ4n) is 9.55. The smallest absolute Gasteiger partial charge is 0.134 e. The Kier molecular flexibility index (Phi) is 5.43. The van der Waals surface area contributed by atoms with E-state index < -0.39 is 5.41 Å². The molecule has 0 radical (unpaired) electrons. The lowest BCUT2D eigenvalue weighted by molar-refractivity contribution is 0.437. The third-order valence-corrected chi connectivity index (χ3v) is 11.6. The van der Waals surface area contributed by atoms with E-state index in [1.54, 1.807) is 0 Å². The van der Waals surface area contributed by atoms with Crippen molar-refractivity contribution in [1.82, 2.24) is 9.13 Å². The third kappa shape index (κ3) is 3.45. The van der Waals surface area contributed by atoms with E-state index in [2.05, 4.69) is 191 Å². The van der Waals surface area contributed by atoms with Gasteiger partial charge in [0.05, 0.1) is 27.5 Å². The van der Waals surface area contributed by atoms with Gasteiger partial charge in [0, 0.05) is 50.1 Å². The molecule has 0 N–H and O–H groups in total. The molecule has 1 spiro atoms. The first-order valence-electron chi connectivity index (χ1n) is 17.9. The topological polar surface area (TPSA) is 19.1 Å². The normalized spacial score (nSPS) is 13.7. The molecule has 3 heterocycles. The van der Waals surface area contributed by atoms with Crippen molar-refractivity contribution in [2.24, 2.45) is 0 Å². The molecule has 242 valence electrons. The second-order valence-electron chi connectivity index (χ2n) is 14.0. The zero-order chi connectivity index (χ0) is 34.0. The predicted octanol–water partition coefficient (Wildman–Crippen LogP) is 12.3. The zero-order valence-corrected chi connectivity index (χ0v) is 28.1. The highest BCUT2D eigenvalue weighted by Crippen LogP contribution is 2.62. The van der Waals surface area contributed by atoms with Crippen LogP contribution in [0.1, 0.15) is 22.3 Å². The first-order valence-corrected chi connectivity index (χ1v) is 17.9. The molecule has 8 aromatic carbocycles. The Morgan fingerprint density at radius 2 is 0.865 bits per heavy atom. The van der Waals surface area contributed by atoms with Gasteiger partial charge in [0.15, 0.2) is 0 Å². The Bertz CT molecular complexity index is 3060. The fourth-order valence-corrected chi connectivity index (χ4v) is 9.55. The number of fused-ring (bicyclic) bond motifs is 15. The van der Waals surface area contributed by atoms with Crippen LogP contribution in [0, 0.1) is 0 Å². The van der Waals surface area contributed by atoms with Gasteiger partial charge in [-0.05, 0) is 76.9 Å². The van der Waals surface area contributed by atoms with E-state index in [1.807, 2.05) is 0 Å². The Morgan fingerprint density at radius 3 is 1.58 bits per heavy atom. The van der Waals surface area contributed by atoms with Gasteiger partial charge < -0.3 is 13.9 Å². The Hall–Kier alpha value is -6.84. The summed E-state index contributed by atoms with van der Waals surface area (Å²) in [6.07, 6.45) is 0. The van der Waals surface area contributed by atoms with Crippen LogP contribution in [0.2, 0.25) is 0 Å². The molecule has 1 aliphatic carbocycles. The molecule has 0 unspecified atom stereocenters. The molecule has 52 heavy (non-hydrogen) atoms. The van der Waals surface area contributed by atoms with Crippen molar-refractivity contribution >= 4 is 43.6 Å². The molecule has 0 saturated carbocycles. The van der Waals surface area contributed by atoms with E-state index in [4.69, 9.17) is 4.74 Å². The van der Waals surface area contributed by atoms with Gasteiger partial charge in [0.25, 0.3) is 0 Å². The van der Waals surface area contributed by atoms with Crippen LogP contribution in [-0.2, 0) is 5.41 Å². The van der Waals surface area contributed by atoms with Crippen LogP contribution in [0.3, 0.4) is 0 Å². The Morgan fingerprint density at radius 1 is 0.327 bits per heavy atom.